The minimum Gasteiger partial charge on any atom is -0.388 e. The molecule has 0 saturated carbocycles. The number of hydrogen-bond donors (Lipinski definition) is 1. The molecule has 1 rings (SSSR count). The van der Waals surface area contributed by atoms with Crippen molar-refractivity contribution in [3.05, 3.63) is 20.8 Å². The van der Waals surface area contributed by atoms with E-state index in [-0.39, 0.29) is 0 Å². The maximum atomic E-state index is 10.0. The number of aliphatic hydroxyl groups excluding tert-OH is 1. The van der Waals surface area contributed by atoms with Gasteiger partial charge in [0, 0.05) is 0 Å². The molecule has 0 aliphatic carbocycles. The van der Waals surface area contributed by atoms with Crippen molar-refractivity contribution in [1.82, 2.24) is 0 Å². The second-order valence-electron chi connectivity index (χ2n) is 4.24. The van der Waals surface area contributed by atoms with Crippen molar-refractivity contribution < 1.29 is 5.11 Å². The molecule has 86 valence electrons. The standard InChI is InChI=1S/C12H19ClOS/c1-4-5-8(2)6-10(14)12-11(13)9(3)7-15-12/h7-8,10,14H,4-6H2,1-3H3. The van der Waals surface area contributed by atoms with Crippen molar-refractivity contribution in [3.63, 3.8) is 0 Å². The van der Waals surface area contributed by atoms with Gasteiger partial charge in [-0.2, -0.15) is 0 Å². The van der Waals surface area contributed by atoms with Crippen molar-refractivity contribution >= 4 is 22.9 Å². The first-order chi connectivity index (χ1) is 7.06. The Morgan fingerprint density at radius 1 is 1.53 bits per heavy atom. The van der Waals surface area contributed by atoms with Crippen molar-refractivity contribution in [2.75, 3.05) is 0 Å². The lowest BCUT2D eigenvalue weighted by Crippen LogP contribution is -2.03. The van der Waals surface area contributed by atoms with E-state index >= 15 is 0 Å². The molecular formula is C12H19ClOS. The molecule has 0 bridgehead atoms. The number of hydrogen-bond acceptors (Lipinski definition) is 2. The minimum atomic E-state index is -0.391. The molecule has 0 amide bonds. The average Bonchev–Trinajstić information content (AvgIpc) is 2.48. The lowest BCUT2D eigenvalue weighted by Gasteiger charge is -2.15. The summed E-state index contributed by atoms with van der Waals surface area (Å²) in [5.74, 6) is 0.559. The van der Waals surface area contributed by atoms with E-state index in [1.165, 1.54) is 12.8 Å². The van der Waals surface area contributed by atoms with Crippen molar-refractivity contribution in [3.8, 4) is 0 Å². The summed E-state index contributed by atoms with van der Waals surface area (Å²) in [6.45, 7) is 6.33. The lowest BCUT2D eigenvalue weighted by molar-refractivity contribution is 0.148. The van der Waals surface area contributed by atoms with Crippen molar-refractivity contribution in [1.29, 1.82) is 0 Å². The summed E-state index contributed by atoms with van der Waals surface area (Å²) in [4.78, 5) is 0.928. The molecule has 15 heavy (non-hydrogen) atoms. The van der Waals surface area contributed by atoms with Gasteiger partial charge in [-0.3, -0.25) is 0 Å². The molecule has 1 aromatic rings. The normalized spacial score (nSPS) is 15.3. The number of aliphatic hydroxyl groups is 1. The van der Waals surface area contributed by atoms with Crippen LogP contribution in [0, 0.1) is 12.8 Å². The Kier molecular flexibility index (Phi) is 5.10. The Morgan fingerprint density at radius 3 is 2.67 bits per heavy atom. The van der Waals surface area contributed by atoms with Crippen LogP contribution in [0.25, 0.3) is 0 Å². The molecule has 1 N–H and O–H groups in total. The molecule has 1 heterocycles. The molecule has 1 aromatic heterocycles. The summed E-state index contributed by atoms with van der Waals surface area (Å²) in [5.41, 5.74) is 1.07. The summed E-state index contributed by atoms with van der Waals surface area (Å²) in [7, 11) is 0. The van der Waals surface area contributed by atoms with Crippen LogP contribution < -0.4 is 0 Å². The monoisotopic (exact) mass is 246 g/mol. The topological polar surface area (TPSA) is 20.2 Å². The third-order valence-corrected chi connectivity index (χ3v) is 4.45. The maximum Gasteiger partial charge on any atom is 0.0899 e. The Hall–Kier alpha value is -0.0500. The van der Waals surface area contributed by atoms with Crippen LogP contribution in [-0.2, 0) is 0 Å². The fourth-order valence-corrected chi connectivity index (χ4v) is 3.09. The van der Waals surface area contributed by atoms with E-state index in [0.29, 0.717) is 5.92 Å². The predicted octanol–water partition coefficient (Wildman–Crippen LogP) is 4.57. The summed E-state index contributed by atoms with van der Waals surface area (Å²) < 4.78 is 0. The van der Waals surface area contributed by atoms with Crippen LogP contribution in [0.3, 0.4) is 0 Å². The van der Waals surface area contributed by atoms with Gasteiger partial charge in [0.1, 0.15) is 0 Å². The maximum absolute atomic E-state index is 10.0. The molecule has 1 nitrogen and oxygen atoms in total. The van der Waals surface area contributed by atoms with Crippen LogP contribution in [0.15, 0.2) is 5.38 Å². The van der Waals surface area contributed by atoms with Gasteiger partial charge >= 0.3 is 0 Å². The molecule has 3 heteroatoms. The molecular weight excluding hydrogens is 228 g/mol. The zero-order chi connectivity index (χ0) is 11.4. The SMILES string of the molecule is CCCC(C)CC(O)c1scc(C)c1Cl. The fourth-order valence-electron chi connectivity index (χ4n) is 1.77. The van der Waals surface area contributed by atoms with Gasteiger partial charge in [0.2, 0.25) is 0 Å². The second-order valence-corrected chi connectivity index (χ2v) is 5.53. The van der Waals surface area contributed by atoms with E-state index in [9.17, 15) is 5.11 Å². The molecule has 0 aliphatic heterocycles. The van der Waals surface area contributed by atoms with E-state index in [0.717, 1.165) is 21.9 Å². The van der Waals surface area contributed by atoms with Crippen LogP contribution >= 0.6 is 22.9 Å². The predicted molar refractivity (Wildman–Crippen MR) is 67.7 cm³/mol. The quantitative estimate of drug-likeness (QED) is 0.807. The van der Waals surface area contributed by atoms with Gasteiger partial charge in [0.05, 0.1) is 16.0 Å². The van der Waals surface area contributed by atoms with Gasteiger partial charge < -0.3 is 5.11 Å². The summed E-state index contributed by atoms with van der Waals surface area (Å²) in [6, 6.07) is 0. The Bertz CT molecular complexity index is 309. The molecule has 0 radical (unpaired) electrons. The van der Waals surface area contributed by atoms with Gasteiger partial charge in [0.25, 0.3) is 0 Å². The molecule has 0 fully saturated rings. The Labute approximate surface area is 101 Å². The van der Waals surface area contributed by atoms with Crippen LogP contribution in [0.5, 0.6) is 0 Å². The van der Waals surface area contributed by atoms with Gasteiger partial charge in [0.15, 0.2) is 0 Å². The molecule has 0 spiro atoms. The third kappa shape index (κ3) is 3.47. The largest absolute Gasteiger partial charge is 0.388 e. The van der Waals surface area contributed by atoms with Crippen molar-refractivity contribution in [2.45, 2.75) is 46.1 Å². The first kappa shape index (κ1) is 13.0. The smallest absolute Gasteiger partial charge is 0.0899 e. The van der Waals surface area contributed by atoms with Crippen LogP contribution in [0.2, 0.25) is 5.02 Å². The summed E-state index contributed by atoms with van der Waals surface area (Å²) >= 11 is 7.68. The van der Waals surface area contributed by atoms with Crippen LogP contribution in [-0.4, -0.2) is 5.11 Å². The highest BCUT2D eigenvalue weighted by Gasteiger charge is 2.17. The lowest BCUT2D eigenvalue weighted by atomic mass is 9.98. The number of thiophene rings is 1. The molecule has 0 aromatic carbocycles. The third-order valence-electron chi connectivity index (χ3n) is 2.63. The molecule has 0 aliphatic rings. The molecule has 0 saturated heterocycles. The van der Waals surface area contributed by atoms with E-state index in [1.807, 2.05) is 12.3 Å². The number of aryl methyl sites for hydroxylation is 1. The first-order valence-corrected chi connectivity index (χ1v) is 6.73. The van der Waals surface area contributed by atoms with Crippen LogP contribution in [0.1, 0.15) is 49.7 Å². The number of halogens is 1. The number of rotatable bonds is 5. The average molecular weight is 247 g/mol. The van der Waals surface area contributed by atoms with Gasteiger partial charge in [-0.05, 0) is 30.2 Å². The van der Waals surface area contributed by atoms with Gasteiger partial charge in [-0.15, -0.1) is 11.3 Å². The van der Waals surface area contributed by atoms with E-state index in [2.05, 4.69) is 13.8 Å². The first-order valence-electron chi connectivity index (χ1n) is 5.47. The van der Waals surface area contributed by atoms with Crippen LogP contribution in [0.4, 0.5) is 0 Å². The second kappa shape index (κ2) is 5.88. The Balaban J connectivity index is 2.60. The van der Waals surface area contributed by atoms with E-state index < -0.39 is 6.10 Å². The Morgan fingerprint density at radius 2 is 2.20 bits per heavy atom. The van der Waals surface area contributed by atoms with E-state index in [4.69, 9.17) is 11.6 Å². The van der Waals surface area contributed by atoms with Gasteiger partial charge in [-0.25, -0.2) is 0 Å². The summed E-state index contributed by atoms with van der Waals surface area (Å²) in [5, 5.41) is 12.8. The van der Waals surface area contributed by atoms with E-state index in [1.54, 1.807) is 11.3 Å². The molecule has 2 unspecified atom stereocenters. The summed E-state index contributed by atoms with van der Waals surface area (Å²) in [6.07, 6.45) is 2.76. The van der Waals surface area contributed by atoms with Crippen molar-refractivity contribution in [2.24, 2.45) is 5.92 Å². The zero-order valence-corrected chi connectivity index (χ0v) is 11.2. The highest BCUT2D eigenvalue weighted by molar-refractivity contribution is 7.10. The highest BCUT2D eigenvalue weighted by atomic mass is 35.5. The minimum absolute atomic E-state index is 0.391. The highest BCUT2D eigenvalue weighted by Crippen LogP contribution is 2.35. The van der Waals surface area contributed by atoms with Gasteiger partial charge in [-0.1, -0.05) is 38.3 Å². The molecule has 2 atom stereocenters. The zero-order valence-electron chi connectivity index (χ0n) is 9.59. The fraction of sp³-hybridized carbons (Fsp3) is 0.667.